The van der Waals surface area contributed by atoms with Gasteiger partial charge in [-0.2, -0.15) is 10.2 Å². The molecule has 4 heterocycles. The Morgan fingerprint density at radius 2 is 1.96 bits per heavy atom. The fraction of sp³-hybridized carbons (Fsp3) is 0.381. The maximum Gasteiger partial charge on any atom is 0.219 e. The van der Waals surface area contributed by atoms with Crippen molar-refractivity contribution in [2.45, 2.75) is 26.3 Å². The molecule has 0 spiro atoms. The maximum atomic E-state index is 11.9. The molecule has 7 nitrogen and oxygen atoms in total. The van der Waals surface area contributed by atoms with Gasteiger partial charge in [0.25, 0.3) is 0 Å². The molecule has 5 rings (SSSR count). The Hall–Kier alpha value is -3.09. The van der Waals surface area contributed by atoms with E-state index in [1.807, 2.05) is 40.8 Å². The van der Waals surface area contributed by atoms with E-state index < -0.39 is 0 Å². The van der Waals surface area contributed by atoms with Crippen LogP contribution < -0.4 is 4.90 Å². The molecule has 0 saturated heterocycles. The maximum absolute atomic E-state index is 11.9. The van der Waals surface area contributed by atoms with Crippen LogP contribution >= 0.6 is 0 Å². The second kappa shape index (κ2) is 6.22. The number of rotatable bonds is 2. The summed E-state index contributed by atoms with van der Waals surface area (Å²) in [6.45, 7) is 3.97. The summed E-state index contributed by atoms with van der Waals surface area (Å²) >= 11 is 0. The quantitative estimate of drug-likeness (QED) is 0.689. The lowest BCUT2D eigenvalue weighted by Crippen LogP contribution is -2.35. The highest BCUT2D eigenvalue weighted by Crippen LogP contribution is 2.39. The van der Waals surface area contributed by atoms with Gasteiger partial charge in [0, 0.05) is 69.2 Å². The van der Waals surface area contributed by atoms with Gasteiger partial charge in [0.1, 0.15) is 0 Å². The highest BCUT2D eigenvalue weighted by molar-refractivity contribution is 5.77. The number of carbonyl (C=O) groups excluding carboxylic acids is 1. The minimum Gasteiger partial charge on any atom is -0.338 e. The second-order valence-electron chi connectivity index (χ2n) is 7.71. The molecule has 1 amide bonds. The zero-order valence-electron chi connectivity index (χ0n) is 16.5. The minimum absolute atomic E-state index is 0.128. The van der Waals surface area contributed by atoms with Gasteiger partial charge in [0.2, 0.25) is 5.91 Å². The van der Waals surface area contributed by atoms with Crippen LogP contribution in [0, 0.1) is 0 Å². The lowest BCUT2D eigenvalue weighted by molar-refractivity contribution is -0.129. The largest absolute Gasteiger partial charge is 0.338 e. The van der Waals surface area contributed by atoms with Crippen LogP contribution in [0.25, 0.3) is 11.1 Å². The molecule has 0 bridgehead atoms. The van der Waals surface area contributed by atoms with E-state index in [0.717, 1.165) is 37.3 Å². The van der Waals surface area contributed by atoms with E-state index in [-0.39, 0.29) is 5.91 Å². The lowest BCUT2D eigenvalue weighted by Gasteiger charge is -2.28. The smallest absolute Gasteiger partial charge is 0.219 e. The Balaban J connectivity index is 1.51. The van der Waals surface area contributed by atoms with Gasteiger partial charge in [-0.25, -0.2) is 0 Å². The molecule has 144 valence electrons. The van der Waals surface area contributed by atoms with Crippen molar-refractivity contribution in [3.63, 3.8) is 0 Å². The predicted octanol–water partition coefficient (Wildman–Crippen LogP) is 2.42. The molecule has 0 fully saturated rings. The average Bonchev–Trinajstić information content (AvgIpc) is 3.38. The van der Waals surface area contributed by atoms with Crippen LogP contribution in [0.15, 0.2) is 30.6 Å². The third-order valence-electron chi connectivity index (χ3n) is 5.94. The van der Waals surface area contributed by atoms with E-state index in [9.17, 15) is 4.79 Å². The SMILES string of the molecule is CC(=O)N1CCc2c(c(N3CCc4cc(-c5cnn(C)c5)ccc43)nn2C)C1. The first-order chi connectivity index (χ1) is 13.5. The molecule has 2 aromatic heterocycles. The van der Waals surface area contributed by atoms with Gasteiger partial charge in [-0.05, 0) is 29.7 Å². The van der Waals surface area contributed by atoms with Crippen LogP contribution in [-0.4, -0.2) is 43.5 Å². The zero-order chi connectivity index (χ0) is 19.4. The van der Waals surface area contributed by atoms with E-state index in [0.29, 0.717) is 6.54 Å². The molecule has 7 heteroatoms. The van der Waals surface area contributed by atoms with E-state index in [4.69, 9.17) is 5.10 Å². The van der Waals surface area contributed by atoms with E-state index in [1.54, 1.807) is 6.92 Å². The summed E-state index contributed by atoms with van der Waals surface area (Å²) in [6.07, 6.45) is 5.80. The van der Waals surface area contributed by atoms with Gasteiger partial charge in [0.15, 0.2) is 5.82 Å². The molecule has 2 aliphatic rings. The van der Waals surface area contributed by atoms with Crippen LogP contribution in [0.3, 0.4) is 0 Å². The molecule has 1 aromatic carbocycles. The molecule has 3 aromatic rings. The van der Waals surface area contributed by atoms with Crippen molar-refractivity contribution in [2.75, 3.05) is 18.0 Å². The standard InChI is InChI=1S/C21H24N6O/c1-14(28)26-8-7-20-18(13-26)21(23-25(20)3)27-9-6-16-10-15(4-5-19(16)27)17-11-22-24(2)12-17/h4-5,10-12H,6-9,13H2,1-3H3. The number of hydrogen-bond donors (Lipinski definition) is 0. The summed E-state index contributed by atoms with van der Waals surface area (Å²) < 4.78 is 3.82. The lowest BCUT2D eigenvalue weighted by atomic mass is 10.0. The molecular weight excluding hydrogens is 352 g/mol. The first-order valence-corrected chi connectivity index (χ1v) is 9.71. The third-order valence-corrected chi connectivity index (χ3v) is 5.94. The topological polar surface area (TPSA) is 59.2 Å². The highest BCUT2D eigenvalue weighted by Gasteiger charge is 2.31. The van der Waals surface area contributed by atoms with Gasteiger partial charge < -0.3 is 9.80 Å². The van der Waals surface area contributed by atoms with E-state index in [2.05, 4.69) is 28.2 Å². The zero-order valence-corrected chi connectivity index (χ0v) is 16.5. The molecule has 0 aliphatic carbocycles. The number of carbonyl (C=O) groups is 1. The van der Waals surface area contributed by atoms with Crippen LogP contribution in [0.5, 0.6) is 0 Å². The number of benzene rings is 1. The van der Waals surface area contributed by atoms with Crippen molar-refractivity contribution in [3.8, 4) is 11.1 Å². The number of fused-ring (bicyclic) bond motifs is 2. The number of anilines is 2. The highest BCUT2D eigenvalue weighted by atomic mass is 16.2. The van der Waals surface area contributed by atoms with Crippen molar-refractivity contribution < 1.29 is 4.79 Å². The minimum atomic E-state index is 0.128. The number of hydrogen-bond acceptors (Lipinski definition) is 4. The first-order valence-electron chi connectivity index (χ1n) is 9.71. The monoisotopic (exact) mass is 376 g/mol. The summed E-state index contributed by atoms with van der Waals surface area (Å²) in [5, 5.41) is 9.12. The van der Waals surface area contributed by atoms with Crippen molar-refractivity contribution in [1.82, 2.24) is 24.5 Å². The summed E-state index contributed by atoms with van der Waals surface area (Å²) in [7, 11) is 3.95. The Kier molecular flexibility index (Phi) is 3.79. The Morgan fingerprint density at radius 3 is 2.71 bits per heavy atom. The molecule has 2 aliphatic heterocycles. The fourth-order valence-electron chi connectivity index (χ4n) is 4.43. The number of nitrogens with zero attached hydrogens (tertiary/aromatic N) is 6. The van der Waals surface area contributed by atoms with Crippen LogP contribution in [-0.2, 0) is 38.3 Å². The average molecular weight is 376 g/mol. The normalized spacial score (nSPS) is 15.7. The third kappa shape index (κ3) is 2.61. The summed E-state index contributed by atoms with van der Waals surface area (Å²) in [5.41, 5.74) is 7.31. The number of aromatic nitrogens is 4. The van der Waals surface area contributed by atoms with Crippen molar-refractivity contribution in [3.05, 3.63) is 47.4 Å². The van der Waals surface area contributed by atoms with Gasteiger partial charge in [0.05, 0.1) is 12.7 Å². The molecule has 0 saturated carbocycles. The molecule has 0 unspecified atom stereocenters. The number of amides is 1. The second-order valence-corrected chi connectivity index (χ2v) is 7.71. The van der Waals surface area contributed by atoms with Crippen LogP contribution in [0.4, 0.5) is 11.5 Å². The Bertz CT molecular complexity index is 1080. The fourth-order valence-corrected chi connectivity index (χ4v) is 4.43. The van der Waals surface area contributed by atoms with Gasteiger partial charge >= 0.3 is 0 Å². The van der Waals surface area contributed by atoms with Gasteiger partial charge in [-0.15, -0.1) is 0 Å². The summed E-state index contributed by atoms with van der Waals surface area (Å²) in [6, 6.07) is 6.62. The molecule has 28 heavy (non-hydrogen) atoms. The van der Waals surface area contributed by atoms with Crippen LogP contribution in [0.1, 0.15) is 23.7 Å². The van der Waals surface area contributed by atoms with Crippen molar-refractivity contribution >= 4 is 17.4 Å². The Labute approximate surface area is 164 Å². The van der Waals surface area contributed by atoms with Crippen molar-refractivity contribution in [2.24, 2.45) is 14.1 Å². The summed E-state index contributed by atoms with van der Waals surface area (Å²) in [4.78, 5) is 16.1. The van der Waals surface area contributed by atoms with Gasteiger partial charge in [-0.1, -0.05) is 6.07 Å². The summed E-state index contributed by atoms with van der Waals surface area (Å²) in [5.74, 6) is 1.12. The van der Waals surface area contributed by atoms with E-state index >= 15 is 0 Å². The Morgan fingerprint density at radius 1 is 1.11 bits per heavy atom. The molecule has 0 N–H and O–H groups in total. The van der Waals surface area contributed by atoms with Gasteiger partial charge in [-0.3, -0.25) is 14.2 Å². The van der Waals surface area contributed by atoms with E-state index in [1.165, 1.54) is 28.1 Å². The van der Waals surface area contributed by atoms with Crippen molar-refractivity contribution in [1.29, 1.82) is 0 Å². The molecule has 0 atom stereocenters. The number of aryl methyl sites for hydroxylation is 2. The predicted molar refractivity (Wildman–Crippen MR) is 107 cm³/mol. The van der Waals surface area contributed by atoms with Crippen LogP contribution in [0.2, 0.25) is 0 Å². The molecular formula is C21H24N6O. The molecule has 0 radical (unpaired) electrons. The first kappa shape index (κ1) is 17.0.